The zero-order chi connectivity index (χ0) is 28.9. The highest BCUT2D eigenvalue weighted by atomic mass is 19.1. The van der Waals surface area contributed by atoms with Gasteiger partial charge in [0, 0.05) is 23.1 Å². The second-order valence-corrected chi connectivity index (χ2v) is 9.21. The number of furan rings is 1. The lowest BCUT2D eigenvalue weighted by Crippen LogP contribution is -2.31. The van der Waals surface area contributed by atoms with E-state index in [1.165, 1.54) is 19.2 Å². The molecule has 1 aliphatic rings. The van der Waals surface area contributed by atoms with Gasteiger partial charge in [-0.15, -0.1) is 0 Å². The Kier molecular flexibility index (Phi) is 8.19. The Morgan fingerprint density at radius 2 is 1.78 bits per heavy atom. The Hall–Kier alpha value is -4.86. The third kappa shape index (κ3) is 5.58. The van der Waals surface area contributed by atoms with Crippen LogP contribution in [0.2, 0.25) is 0 Å². The molecule has 0 saturated heterocycles. The first-order valence-electron chi connectivity index (χ1n) is 13.2. The van der Waals surface area contributed by atoms with Crippen molar-refractivity contribution in [2.75, 3.05) is 38.9 Å². The minimum Gasteiger partial charge on any atom is -0.497 e. The summed E-state index contributed by atoms with van der Waals surface area (Å²) in [6.07, 6.45) is 1.27. The number of halogens is 1. The summed E-state index contributed by atoms with van der Waals surface area (Å²) in [4.78, 5) is 32.2. The van der Waals surface area contributed by atoms with E-state index in [9.17, 15) is 14.0 Å². The highest BCUT2D eigenvalue weighted by Gasteiger charge is 2.34. The second kappa shape index (κ2) is 12.1. The molecule has 0 atom stereocenters. The van der Waals surface area contributed by atoms with E-state index in [4.69, 9.17) is 23.5 Å². The van der Waals surface area contributed by atoms with Crippen molar-refractivity contribution >= 4 is 34.2 Å². The topological polar surface area (TPSA) is 99.8 Å². The number of nitrogens with zero attached hydrogens (tertiary/aromatic N) is 2. The van der Waals surface area contributed by atoms with Crippen LogP contribution in [0.5, 0.6) is 11.5 Å². The quantitative estimate of drug-likeness (QED) is 0.126. The fourth-order valence-corrected chi connectivity index (χ4v) is 4.77. The number of hydrogen-bond acceptors (Lipinski definition) is 8. The largest absolute Gasteiger partial charge is 0.497 e. The maximum absolute atomic E-state index is 13.8. The fourth-order valence-electron chi connectivity index (χ4n) is 4.77. The molecular formula is C31H29FN2O7. The van der Waals surface area contributed by atoms with Gasteiger partial charge in [0.15, 0.2) is 5.71 Å². The van der Waals surface area contributed by atoms with Crippen LogP contribution in [0, 0.1) is 5.82 Å². The van der Waals surface area contributed by atoms with E-state index < -0.39 is 11.8 Å². The third-order valence-corrected chi connectivity index (χ3v) is 6.67. The molecule has 9 nitrogen and oxygen atoms in total. The van der Waals surface area contributed by atoms with E-state index in [1.54, 1.807) is 55.3 Å². The van der Waals surface area contributed by atoms with Gasteiger partial charge in [0.25, 0.3) is 5.91 Å². The van der Waals surface area contributed by atoms with Crippen LogP contribution in [-0.4, -0.2) is 51.6 Å². The maximum atomic E-state index is 13.8. The van der Waals surface area contributed by atoms with E-state index in [1.807, 2.05) is 12.1 Å². The van der Waals surface area contributed by atoms with Crippen LogP contribution < -0.4 is 14.4 Å². The molecule has 0 spiro atoms. The van der Waals surface area contributed by atoms with Crippen LogP contribution in [0.1, 0.15) is 35.7 Å². The Labute approximate surface area is 236 Å². The third-order valence-electron chi connectivity index (χ3n) is 6.67. The Balaban J connectivity index is 1.28. The van der Waals surface area contributed by atoms with Crippen molar-refractivity contribution in [3.05, 3.63) is 77.6 Å². The molecule has 0 radical (unpaired) electrons. The normalized spacial score (nSPS) is 13.5. The van der Waals surface area contributed by atoms with Crippen molar-refractivity contribution in [1.82, 2.24) is 0 Å². The van der Waals surface area contributed by atoms with E-state index in [2.05, 4.69) is 5.16 Å². The van der Waals surface area contributed by atoms with Crippen molar-refractivity contribution in [2.24, 2.45) is 5.16 Å². The fraction of sp³-hybridized carbons (Fsp3) is 0.258. The Bertz CT molecular complexity index is 1610. The number of anilines is 1. The van der Waals surface area contributed by atoms with Gasteiger partial charge in [-0.3, -0.25) is 4.79 Å². The van der Waals surface area contributed by atoms with Gasteiger partial charge in [-0.2, -0.15) is 0 Å². The van der Waals surface area contributed by atoms with Gasteiger partial charge < -0.3 is 28.4 Å². The van der Waals surface area contributed by atoms with Gasteiger partial charge in [-0.1, -0.05) is 5.16 Å². The molecule has 212 valence electrons. The lowest BCUT2D eigenvalue weighted by Gasteiger charge is -2.16. The molecule has 0 saturated carbocycles. The first-order chi connectivity index (χ1) is 19.9. The molecule has 10 heteroatoms. The van der Waals surface area contributed by atoms with Crippen molar-refractivity contribution in [3.8, 4) is 22.8 Å². The van der Waals surface area contributed by atoms with Gasteiger partial charge in [-0.25, -0.2) is 9.18 Å². The number of fused-ring (bicyclic) bond motifs is 2. The molecule has 1 aromatic heterocycles. The molecule has 0 bridgehead atoms. The summed E-state index contributed by atoms with van der Waals surface area (Å²) in [6, 6.07) is 16.7. The van der Waals surface area contributed by atoms with Crippen molar-refractivity contribution < 1.29 is 37.4 Å². The Morgan fingerprint density at radius 3 is 2.51 bits per heavy atom. The molecule has 1 aliphatic heterocycles. The monoisotopic (exact) mass is 560 g/mol. The second-order valence-electron chi connectivity index (χ2n) is 9.21. The van der Waals surface area contributed by atoms with Crippen LogP contribution in [0.15, 0.2) is 70.2 Å². The zero-order valence-electron chi connectivity index (χ0n) is 22.9. The van der Waals surface area contributed by atoms with Crippen LogP contribution in [0.25, 0.3) is 22.3 Å². The molecule has 0 unspecified atom stereocenters. The number of carbonyl (C=O) groups excluding carboxylic acids is 2. The molecule has 41 heavy (non-hydrogen) atoms. The number of methoxy groups -OCH3 is 1. The highest BCUT2D eigenvalue weighted by Crippen LogP contribution is 2.37. The van der Waals surface area contributed by atoms with E-state index >= 15 is 0 Å². The summed E-state index contributed by atoms with van der Waals surface area (Å²) in [7, 11) is 2.93. The summed E-state index contributed by atoms with van der Waals surface area (Å²) < 4.78 is 36.4. The smallest absolute Gasteiger partial charge is 0.342 e. The predicted molar refractivity (Wildman–Crippen MR) is 151 cm³/mol. The number of hydrogen-bond donors (Lipinski definition) is 0. The minimum atomic E-state index is -0.485. The summed E-state index contributed by atoms with van der Waals surface area (Å²) in [5.74, 6) is 0.392. The Morgan fingerprint density at radius 1 is 1.00 bits per heavy atom. The van der Waals surface area contributed by atoms with Crippen LogP contribution >= 0.6 is 0 Å². The predicted octanol–water partition coefficient (Wildman–Crippen LogP) is 5.98. The molecular weight excluding hydrogens is 531 g/mol. The van der Waals surface area contributed by atoms with Crippen LogP contribution in [0.4, 0.5) is 10.1 Å². The molecule has 3 aromatic carbocycles. The SMILES string of the molecule is CCOC(=O)c1c(-c2ccc(OC)cc2)oc2ccc(OCCCCN3C(=O)/C(=N\OC)c4cc(F)ccc43)cc12. The first kappa shape index (κ1) is 27.7. The molecule has 0 fully saturated rings. The van der Waals surface area contributed by atoms with Crippen molar-refractivity contribution in [2.45, 2.75) is 19.8 Å². The van der Waals surface area contributed by atoms with Crippen LogP contribution in [-0.2, 0) is 14.4 Å². The number of carbonyl (C=O) groups is 2. The van der Waals surface area contributed by atoms with Crippen LogP contribution in [0.3, 0.4) is 0 Å². The maximum Gasteiger partial charge on any atom is 0.342 e. The van der Waals surface area contributed by atoms with Crippen molar-refractivity contribution in [1.29, 1.82) is 0 Å². The van der Waals surface area contributed by atoms with Crippen molar-refractivity contribution in [3.63, 3.8) is 0 Å². The number of oxime groups is 1. The van der Waals surface area contributed by atoms with E-state index in [0.29, 0.717) is 76.6 Å². The van der Waals surface area contributed by atoms with Gasteiger partial charge in [0.05, 0.1) is 26.0 Å². The molecule has 4 aromatic rings. The van der Waals surface area contributed by atoms with Gasteiger partial charge >= 0.3 is 5.97 Å². The number of esters is 1. The average Bonchev–Trinajstić information content (AvgIpc) is 3.48. The number of benzene rings is 3. The molecule has 0 N–H and O–H groups in total. The van der Waals surface area contributed by atoms with Gasteiger partial charge in [0.2, 0.25) is 0 Å². The van der Waals surface area contributed by atoms with Gasteiger partial charge in [0.1, 0.15) is 41.3 Å². The highest BCUT2D eigenvalue weighted by molar-refractivity contribution is 6.54. The number of amides is 1. The minimum absolute atomic E-state index is 0.0816. The molecule has 2 heterocycles. The number of rotatable bonds is 11. The summed E-state index contributed by atoms with van der Waals surface area (Å²) in [6.45, 7) is 2.75. The summed E-state index contributed by atoms with van der Waals surface area (Å²) >= 11 is 0. The summed E-state index contributed by atoms with van der Waals surface area (Å²) in [5, 5.41) is 4.38. The lowest BCUT2D eigenvalue weighted by molar-refractivity contribution is -0.112. The number of unbranched alkanes of at least 4 members (excludes halogenated alkanes) is 1. The standard InChI is InChI=1S/C31H29FN2O7/c1-4-39-31(36)27-24-18-22(12-14-26(24)41-29(27)19-7-10-21(37-2)11-8-19)40-16-6-5-15-34-25-13-9-20(32)17-23(25)28(30(34)35)33-38-3/h7-14,17-18H,4-6,15-16H2,1-3H3/b33-28-. The average molecular weight is 561 g/mol. The molecule has 1 amide bonds. The number of ether oxygens (including phenoxy) is 3. The zero-order valence-corrected chi connectivity index (χ0v) is 22.9. The molecule has 5 rings (SSSR count). The van der Waals surface area contributed by atoms with E-state index in [0.717, 1.165) is 0 Å². The van der Waals surface area contributed by atoms with Gasteiger partial charge in [-0.05, 0) is 80.4 Å². The van der Waals surface area contributed by atoms with E-state index in [-0.39, 0.29) is 18.2 Å². The first-order valence-corrected chi connectivity index (χ1v) is 13.2. The molecule has 0 aliphatic carbocycles. The lowest BCUT2D eigenvalue weighted by atomic mass is 10.1. The summed E-state index contributed by atoms with van der Waals surface area (Å²) in [5.41, 5.74) is 2.66.